The number of phenolic OH excluding ortho intramolecular Hbond substituents is 2. The molecule has 2 aromatic rings. The molecule has 0 unspecified atom stereocenters. The molecule has 0 atom stereocenters. The fourth-order valence-electron chi connectivity index (χ4n) is 3.84. The predicted molar refractivity (Wildman–Crippen MR) is 152 cm³/mol. The van der Waals surface area contributed by atoms with E-state index in [2.05, 4.69) is 121 Å². The number of benzene rings is 2. The number of aromatic hydroxyl groups is 2. The van der Waals surface area contributed by atoms with Gasteiger partial charge in [0.2, 0.25) is 0 Å². The number of phenols is 2. The van der Waals surface area contributed by atoms with E-state index < -0.39 is 20.8 Å². The van der Waals surface area contributed by atoms with E-state index in [0.29, 0.717) is 11.5 Å². The van der Waals surface area contributed by atoms with Crippen LogP contribution in [-0.4, -0.2) is 10.2 Å². The van der Waals surface area contributed by atoms with Gasteiger partial charge < -0.3 is 10.2 Å². The molecule has 35 heavy (non-hydrogen) atoms. The first-order chi connectivity index (χ1) is 15.5. The Kier molecular flexibility index (Phi) is 12.7. The quantitative estimate of drug-likeness (QED) is 0.315. The number of hydrogen-bond acceptors (Lipinski definition) is 2. The minimum atomic E-state index is -0.826. The Bertz CT molecular complexity index is 820. The van der Waals surface area contributed by atoms with Gasteiger partial charge in [-0.3, -0.25) is 0 Å². The third kappa shape index (κ3) is 10.8. The molecule has 0 aromatic heterocycles. The first kappa shape index (κ1) is 34.5. The molecular weight excluding hydrogens is 554 g/mol. The fourth-order valence-corrected chi connectivity index (χ4v) is 3.84. The summed E-state index contributed by atoms with van der Waals surface area (Å²) in [6.07, 6.45) is 0. The Morgan fingerprint density at radius 2 is 0.629 bits per heavy atom. The summed E-state index contributed by atoms with van der Waals surface area (Å²) >= 11 is -0.826. The molecule has 2 aromatic carbocycles. The van der Waals surface area contributed by atoms with Crippen molar-refractivity contribution in [2.45, 2.75) is 119 Å². The van der Waals surface area contributed by atoms with E-state index in [0.717, 1.165) is 22.3 Å². The molecule has 2 rings (SSSR count). The molecule has 0 amide bonds. The Morgan fingerprint density at radius 3 is 0.743 bits per heavy atom. The SMILES string of the molecule is Cc1cc(C(C)(C)C)c(O)c(C(C)(C)C)c1.Cc1cc(C(C)(C)C)c(O)c(C(C)(C)C)c1.[Cl][Zr][Cl]. The van der Waals surface area contributed by atoms with Crippen LogP contribution in [0.5, 0.6) is 11.5 Å². The zero-order valence-electron chi connectivity index (χ0n) is 24.5. The van der Waals surface area contributed by atoms with E-state index in [1.807, 2.05) is 0 Å². The zero-order chi connectivity index (χ0) is 28.2. The van der Waals surface area contributed by atoms with Crippen LogP contribution >= 0.6 is 17.0 Å². The summed E-state index contributed by atoms with van der Waals surface area (Å²) in [5, 5.41) is 20.8. The molecule has 0 spiro atoms. The third-order valence-electron chi connectivity index (χ3n) is 5.74. The second-order valence-corrected chi connectivity index (χ2v) is 17.2. The molecule has 2 N–H and O–H groups in total. The molecule has 0 saturated carbocycles. The monoisotopic (exact) mass is 600 g/mol. The van der Waals surface area contributed by atoms with Gasteiger partial charge in [0.1, 0.15) is 11.5 Å². The summed E-state index contributed by atoms with van der Waals surface area (Å²) in [6, 6.07) is 8.35. The van der Waals surface area contributed by atoms with Gasteiger partial charge in [-0.1, -0.05) is 118 Å². The molecule has 0 fully saturated rings. The molecule has 0 aliphatic carbocycles. The van der Waals surface area contributed by atoms with Crippen LogP contribution in [0.15, 0.2) is 24.3 Å². The van der Waals surface area contributed by atoms with Crippen LogP contribution in [0.25, 0.3) is 0 Å². The molecule has 0 saturated heterocycles. The summed E-state index contributed by atoms with van der Waals surface area (Å²) in [6.45, 7) is 29.8. The van der Waals surface area contributed by atoms with Gasteiger partial charge in [-0.2, -0.15) is 0 Å². The standard InChI is InChI=1S/2C15H24O.2ClH.Zr/c2*1-10-8-11(14(2,3)4)13(16)12(9-10)15(5,6)7;;;/h2*8-9,16H,1-7H3;2*1H;/q;;;;+2/p-2. The van der Waals surface area contributed by atoms with Crippen LogP contribution < -0.4 is 0 Å². The summed E-state index contributed by atoms with van der Waals surface area (Å²) in [4.78, 5) is 0. The van der Waals surface area contributed by atoms with Crippen LogP contribution in [0.3, 0.4) is 0 Å². The molecule has 198 valence electrons. The van der Waals surface area contributed by atoms with Crippen molar-refractivity contribution in [3.8, 4) is 11.5 Å². The van der Waals surface area contributed by atoms with Crippen molar-refractivity contribution in [1.29, 1.82) is 0 Å². The van der Waals surface area contributed by atoms with Crippen molar-refractivity contribution in [3.05, 3.63) is 57.6 Å². The first-order valence-corrected chi connectivity index (χ1v) is 18.5. The van der Waals surface area contributed by atoms with Crippen molar-refractivity contribution >= 4 is 17.0 Å². The Labute approximate surface area is 234 Å². The summed E-state index contributed by atoms with van der Waals surface area (Å²) in [5.41, 5.74) is 6.52. The van der Waals surface area contributed by atoms with Gasteiger partial charge in [-0.15, -0.1) is 0 Å². The second kappa shape index (κ2) is 12.8. The van der Waals surface area contributed by atoms with E-state index in [4.69, 9.17) is 17.0 Å². The van der Waals surface area contributed by atoms with Gasteiger partial charge in [-0.05, 0) is 57.8 Å². The van der Waals surface area contributed by atoms with Gasteiger partial charge in [0.15, 0.2) is 0 Å². The van der Waals surface area contributed by atoms with Gasteiger partial charge in [0.05, 0.1) is 0 Å². The second-order valence-electron chi connectivity index (χ2n) is 13.5. The number of rotatable bonds is 0. The fraction of sp³-hybridized carbons (Fsp3) is 0.600. The third-order valence-corrected chi connectivity index (χ3v) is 5.74. The van der Waals surface area contributed by atoms with Crippen LogP contribution in [0.2, 0.25) is 0 Å². The topological polar surface area (TPSA) is 40.5 Å². The first-order valence-electron chi connectivity index (χ1n) is 12.1. The summed E-state index contributed by atoms with van der Waals surface area (Å²) < 4.78 is 0. The number of aryl methyl sites for hydroxylation is 2. The minimum absolute atomic E-state index is 0.0178. The maximum absolute atomic E-state index is 10.4. The number of hydrogen-bond donors (Lipinski definition) is 2. The molecule has 0 aliphatic rings. The van der Waals surface area contributed by atoms with E-state index in [1.165, 1.54) is 11.1 Å². The van der Waals surface area contributed by atoms with Crippen LogP contribution in [0.4, 0.5) is 0 Å². The molecular formula is C30H48Cl2O2Zr. The van der Waals surface area contributed by atoms with Crippen molar-refractivity contribution in [3.63, 3.8) is 0 Å². The summed E-state index contributed by atoms with van der Waals surface area (Å²) in [7, 11) is 9.87. The average Bonchev–Trinajstić information content (AvgIpc) is 2.62. The van der Waals surface area contributed by atoms with Crippen molar-refractivity contribution in [1.82, 2.24) is 0 Å². The molecule has 0 radical (unpaired) electrons. The molecule has 5 heteroatoms. The van der Waals surface area contributed by atoms with Gasteiger partial charge in [0.25, 0.3) is 0 Å². The molecule has 0 bridgehead atoms. The average molecular weight is 603 g/mol. The Morgan fingerprint density at radius 1 is 0.486 bits per heavy atom. The van der Waals surface area contributed by atoms with Gasteiger partial charge in [-0.25, -0.2) is 0 Å². The maximum atomic E-state index is 10.4. The number of halogens is 2. The van der Waals surface area contributed by atoms with E-state index in [-0.39, 0.29) is 21.7 Å². The van der Waals surface area contributed by atoms with Crippen molar-refractivity contribution < 1.29 is 31.1 Å². The summed E-state index contributed by atoms with van der Waals surface area (Å²) in [5.74, 6) is 0.927. The normalized spacial score (nSPS) is 12.2. The van der Waals surface area contributed by atoms with E-state index in [1.54, 1.807) is 0 Å². The van der Waals surface area contributed by atoms with Gasteiger partial charge >= 0.3 is 37.9 Å². The van der Waals surface area contributed by atoms with Crippen molar-refractivity contribution in [2.24, 2.45) is 0 Å². The zero-order valence-corrected chi connectivity index (χ0v) is 28.4. The molecule has 0 heterocycles. The van der Waals surface area contributed by atoms with E-state index in [9.17, 15) is 10.2 Å². The Hall–Kier alpha value is -0.497. The van der Waals surface area contributed by atoms with Crippen LogP contribution in [0, 0.1) is 13.8 Å². The molecule has 0 aliphatic heterocycles. The predicted octanol–water partition coefficient (Wildman–Crippen LogP) is 9.97. The van der Waals surface area contributed by atoms with Crippen LogP contribution in [0.1, 0.15) is 116 Å². The van der Waals surface area contributed by atoms with Crippen LogP contribution in [-0.2, 0) is 42.5 Å². The van der Waals surface area contributed by atoms with E-state index >= 15 is 0 Å². The Balaban J connectivity index is 0.000000594. The molecule has 2 nitrogen and oxygen atoms in total. The van der Waals surface area contributed by atoms with Gasteiger partial charge in [0, 0.05) is 0 Å². The van der Waals surface area contributed by atoms with Crippen molar-refractivity contribution in [2.75, 3.05) is 0 Å².